The van der Waals surface area contributed by atoms with E-state index in [1.54, 1.807) is 0 Å². The molecule has 122 valence electrons. The minimum atomic E-state index is 0.410. The van der Waals surface area contributed by atoms with Gasteiger partial charge < -0.3 is 10.6 Å². The summed E-state index contributed by atoms with van der Waals surface area (Å²) in [5.74, 6) is 0. The molecular weight excluding hydrogens is 282 g/mol. The second-order valence-corrected chi connectivity index (χ2v) is 6.96. The summed E-state index contributed by atoms with van der Waals surface area (Å²) < 4.78 is 0. The third-order valence-electron chi connectivity index (χ3n) is 5.41. The molecule has 3 heteroatoms. The van der Waals surface area contributed by atoms with Gasteiger partial charge in [-0.3, -0.25) is 4.90 Å². The Morgan fingerprint density at radius 1 is 0.957 bits per heavy atom. The van der Waals surface area contributed by atoms with Gasteiger partial charge in [0.05, 0.1) is 6.17 Å². The highest BCUT2D eigenvalue weighted by atomic mass is 15.3. The Hall–Kier alpha value is -1.58. The first kappa shape index (κ1) is 15.0. The first-order chi connectivity index (χ1) is 11.4. The van der Waals surface area contributed by atoms with Gasteiger partial charge in [0.15, 0.2) is 0 Å². The maximum atomic E-state index is 3.78. The molecule has 4 rings (SSSR count). The Labute approximate surface area is 139 Å². The quantitative estimate of drug-likeness (QED) is 0.902. The van der Waals surface area contributed by atoms with Crippen LogP contribution >= 0.6 is 0 Å². The van der Waals surface area contributed by atoms with Crippen LogP contribution in [0.4, 0.5) is 5.69 Å². The molecule has 0 amide bonds. The van der Waals surface area contributed by atoms with Gasteiger partial charge in [-0.1, -0.05) is 49.6 Å². The average molecular weight is 309 g/mol. The van der Waals surface area contributed by atoms with Gasteiger partial charge in [0, 0.05) is 31.4 Å². The van der Waals surface area contributed by atoms with Crippen LogP contribution in [-0.2, 0) is 0 Å². The van der Waals surface area contributed by atoms with Crippen molar-refractivity contribution in [3.8, 4) is 0 Å². The number of benzene rings is 2. The van der Waals surface area contributed by atoms with Crippen LogP contribution in [0.2, 0.25) is 0 Å². The molecule has 2 aromatic carbocycles. The molecule has 0 spiro atoms. The Morgan fingerprint density at radius 2 is 1.78 bits per heavy atom. The van der Waals surface area contributed by atoms with Crippen molar-refractivity contribution >= 4 is 16.5 Å². The maximum absolute atomic E-state index is 3.78. The lowest BCUT2D eigenvalue weighted by molar-refractivity contribution is 0.0957. The molecule has 1 atom stereocenters. The summed E-state index contributed by atoms with van der Waals surface area (Å²) in [6, 6.07) is 16.1. The number of nitrogens with zero attached hydrogens (tertiary/aromatic N) is 1. The molecule has 1 saturated carbocycles. The number of piperazine rings is 1. The van der Waals surface area contributed by atoms with E-state index in [9.17, 15) is 0 Å². The predicted molar refractivity (Wildman–Crippen MR) is 97.8 cm³/mol. The van der Waals surface area contributed by atoms with E-state index in [0.29, 0.717) is 6.17 Å². The van der Waals surface area contributed by atoms with E-state index in [1.807, 2.05) is 0 Å². The highest BCUT2D eigenvalue weighted by molar-refractivity contribution is 5.85. The summed E-state index contributed by atoms with van der Waals surface area (Å²) in [5, 5.41) is 9.96. The average Bonchev–Trinajstić information content (AvgIpc) is 2.63. The topological polar surface area (TPSA) is 27.3 Å². The zero-order valence-electron chi connectivity index (χ0n) is 13.8. The SMILES string of the molecule is c1ccc2cc(NC3CNCCN3C3CCCCC3)ccc2c1. The highest BCUT2D eigenvalue weighted by Gasteiger charge is 2.29. The summed E-state index contributed by atoms with van der Waals surface area (Å²) in [5.41, 5.74) is 1.23. The molecule has 3 nitrogen and oxygen atoms in total. The third kappa shape index (κ3) is 3.36. The molecule has 1 unspecified atom stereocenters. The van der Waals surface area contributed by atoms with Crippen LogP contribution < -0.4 is 10.6 Å². The minimum Gasteiger partial charge on any atom is -0.368 e. The van der Waals surface area contributed by atoms with Gasteiger partial charge in [0.2, 0.25) is 0 Å². The number of hydrogen-bond donors (Lipinski definition) is 2. The van der Waals surface area contributed by atoms with Crippen LogP contribution in [0.1, 0.15) is 32.1 Å². The summed E-state index contributed by atoms with van der Waals surface area (Å²) in [6.45, 7) is 3.31. The van der Waals surface area contributed by atoms with Crippen molar-refractivity contribution in [1.29, 1.82) is 0 Å². The van der Waals surface area contributed by atoms with Gasteiger partial charge in [-0.25, -0.2) is 0 Å². The molecule has 1 aliphatic carbocycles. The van der Waals surface area contributed by atoms with Gasteiger partial charge in [-0.15, -0.1) is 0 Å². The first-order valence-electron chi connectivity index (χ1n) is 9.12. The molecule has 0 radical (unpaired) electrons. The lowest BCUT2D eigenvalue weighted by atomic mass is 9.93. The van der Waals surface area contributed by atoms with Crippen molar-refractivity contribution in [1.82, 2.24) is 10.2 Å². The molecular formula is C20H27N3. The van der Waals surface area contributed by atoms with E-state index in [4.69, 9.17) is 0 Å². The lowest BCUT2D eigenvalue weighted by Crippen LogP contribution is -2.58. The molecule has 2 N–H and O–H groups in total. The standard InChI is InChI=1S/C20H27N3/c1-2-8-19(9-3-1)23-13-12-21-15-20(23)22-18-11-10-16-6-4-5-7-17(16)14-18/h4-7,10-11,14,19-22H,1-3,8-9,12-13,15H2. The Morgan fingerprint density at radius 3 is 2.65 bits per heavy atom. The van der Waals surface area contributed by atoms with Crippen LogP contribution in [0.15, 0.2) is 42.5 Å². The van der Waals surface area contributed by atoms with Gasteiger partial charge in [-0.2, -0.15) is 0 Å². The maximum Gasteiger partial charge on any atom is 0.0924 e. The molecule has 0 bridgehead atoms. The van der Waals surface area contributed by atoms with Crippen LogP contribution in [0.5, 0.6) is 0 Å². The highest BCUT2D eigenvalue weighted by Crippen LogP contribution is 2.26. The first-order valence-corrected chi connectivity index (χ1v) is 9.12. The van der Waals surface area contributed by atoms with E-state index >= 15 is 0 Å². The van der Waals surface area contributed by atoms with E-state index in [2.05, 4.69) is 58.0 Å². The van der Waals surface area contributed by atoms with Gasteiger partial charge >= 0.3 is 0 Å². The zero-order chi connectivity index (χ0) is 15.5. The van der Waals surface area contributed by atoms with Gasteiger partial charge in [0.1, 0.15) is 0 Å². The zero-order valence-corrected chi connectivity index (χ0v) is 13.8. The van der Waals surface area contributed by atoms with Crippen LogP contribution in [0, 0.1) is 0 Å². The lowest BCUT2D eigenvalue weighted by Gasteiger charge is -2.43. The normalized spacial score (nSPS) is 23.9. The molecule has 1 heterocycles. The van der Waals surface area contributed by atoms with Crippen molar-refractivity contribution in [2.75, 3.05) is 25.0 Å². The largest absolute Gasteiger partial charge is 0.368 e. The Bertz CT molecular complexity index is 648. The molecule has 1 aliphatic heterocycles. The van der Waals surface area contributed by atoms with Crippen LogP contribution in [0.3, 0.4) is 0 Å². The second-order valence-electron chi connectivity index (χ2n) is 6.96. The summed E-state index contributed by atoms with van der Waals surface area (Å²) >= 11 is 0. The van der Waals surface area contributed by atoms with Crippen LogP contribution in [-0.4, -0.2) is 36.7 Å². The molecule has 2 fully saturated rings. The summed E-state index contributed by atoms with van der Waals surface area (Å²) in [4.78, 5) is 2.71. The van der Waals surface area contributed by atoms with Crippen molar-refractivity contribution in [2.45, 2.75) is 44.3 Å². The fourth-order valence-corrected chi connectivity index (χ4v) is 4.18. The van der Waals surface area contributed by atoms with Crippen LogP contribution in [0.25, 0.3) is 10.8 Å². The van der Waals surface area contributed by atoms with E-state index in [-0.39, 0.29) is 0 Å². The number of nitrogens with one attached hydrogen (secondary N) is 2. The number of fused-ring (bicyclic) bond motifs is 1. The van der Waals surface area contributed by atoms with E-state index in [0.717, 1.165) is 25.7 Å². The van der Waals surface area contributed by atoms with E-state index < -0.39 is 0 Å². The van der Waals surface area contributed by atoms with Crippen molar-refractivity contribution < 1.29 is 0 Å². The number of hydrogen-bond acceptors (Lipinski definition) is 3. The van der Waals surface area contributed by atoms with Crippen molar-refractivity contribution in [3.05, 3.63) is 42.5 Å². The Kier molecular flexibility index (Phi) is 4.49. The third-order valence-corrected chi connectivity index (χ3v) is 5.41. The smallest absolute Gasteiger partial charge is 0.0924 e. The second kappa shape index (κ2) is 6.90. The van der Waals surface area contributed by atoms with Gasteiger partial charge in [-0.05, 0) is 35.7 Å². The molecule has 2 aromatic rings. The summed E-state index contributed by atoms with van der Waals surface area (Å²) in [7, 11) is 0. The molecule has 0 aromatic heterocycles. The molecule has 1 saturated heterocycles. The van der Waals surface area contributed by atoms with E-state index in [1.165, 1.54) is 48.6 Å². The monoisotopic (exact) mass is 309 g/mol. The fraction of sp³-hybridized carbons (Fsp3) is 0.500. The Balaban J connectivity index is 1.52. The predicted octanol–water partition coefficient (Wildman–Crippen LogP) is 3.82. The number of rotatable bonds is 3. The summed E-state index contributed by atoms with van der Waals surface area (Å²) in [6.07, 6.45) is 7.37. The minimum absolute atomic E-state index is 0.410. The van der Waals surface area contributed by atoms with Crippen molar-refractivity contribution in [2.24, 2.45) is 0 Å². The molecule has 23 heavy (non-hydrogen) atoms. The molecule has 2 aliphatic rings. The van der Waals surface area contributed by atoms with Crippen molar-refractivity contribution in [3.63, 3.8) is 0 Å². The fourth-order valence-electron chi connectivity index (χ4n) is 4.18. The number of anilines is 1. The van der Waals surface area contributed by atoms with Gasteiger partial charge in [0.25, 0.3) is 0 Å².